The maximum absolute atomic E-state index is 13.4. The number of aryl methyl sites for hydroxylation is 4. The first-order chi connectivity index (χ1) is 13.3. The summed E-state index contributed by atoms with van der Waals surface area (Å²) in [4.78, 5) is 17.6. The summed E-state index contributed by atoms with van der Waals surface area (Å²) in [6.07, 6.45) is 0. The van der Waals surface area contributed by atoms with Gasteiger partial charge in [0.15, 0.2) is 0 Å². The molecule has 0 fully saturated rings. The van der Waals surface area contributed by atoms with E-state index in [1.165, 1.54) is 18.2 Å². The lowest BCUT2D eigenvalue weighted by atomic mass is 10.0. The third-order valence-corrected chi connectivity index (χ3v) is 4.62. The van der Waals surface area contributed by atoms with Gasteiger partial charge in [0.2, 0.25) is 0 Å². The maximum atomic E-state index is 13.4. The number of anilines is 1. The summed E-state index contributed by atoms with van der Waals surface area (Å²) >= 11 is 0. The van der Waals surface area contributed by atoms with Gasteiger partial charge in [-0.05, 0) is 63.6 Å². The predicted octanol–water partition coefficient (Wildman–Crippen LogP) is 5.11. The van der Waals surface area contributed by atoms with Crippen LogP contribution in [0.5, 0.6) is 0 Å². The third-order valence-electron chi connectivity index (χ3n) is 4.62. The third kappa shape index (κ3) is 3.05. The second-order valence-corrected chi connectivity index (χ2v) is 6.74. The number of nitrogens with zero attached hydrogens (tertiary/aromatic N) is 2. The molecule has 0 aliphatic heterocycles. The number of benzene rings is 1. The first-order valence-electron chi connectivity index (χ1n) is 8.75. The second-order valence-electron chi connectivity index (χ2n) is 6.74. The highest BCUT2D eigenvalue weighted by molar-refractivity contribution is 6.13. The maximum Gasteiger partial charge on any atom is 0.259 e. The fourth-order valence-electron chi connectivity index (χ4n) is 3.25. The molecule has 1 N–H and O–H groups in total. The van der Waals surface area contributed by atoms with Crippen LogP contribution in [0.1, 0.15) is 33.1 Å². The molecule has 3 heterocycles. The monoisotopic (exact) mass is 379 g/mol. The fraction of sp³-hybridized carbons (Fsp3) is 0.190. The smallest absolute Gasteiger partial charge is 0.259 e. The average Bonchev–Trinajstić information content (AvgIpc) is 3.18. The van der Waals surface area contributed by atoms with Crippen molar-refractivity contribution in [1.29, 1.82) is 0 Å². The number of carbonyl (C=O) groups excluding carboxylic acids is 1. The van der Waals surface area contributed by atoms with E-state index >= 15 is 0 Å². The zero-order valence-electron chi connectivity index (χ0n) is 15.9. The van der Waals surface area contributed by atoms with E-state index in [4.69, 9.17) is 8.94 Å². The van der Waals surface area contributed by atoms with Crippen molar-refractivity contribution < 1.29 is 18.1 Å². The Morgan fingerprint density at radius 3 is 2.57 bits per heavy atom. The van der Waals surface area contributed by atoms with Crippen LogP contribution in [-0.4, -0.2) is 16.0 Å². The average molecular weight is 379 g/mol. The van der Waals surface area contributed by atoms with Crippen LogP contribution in [-0.2, 0) is 0 Å². The number of aromatic nitrogens is 2. The summed E-state index contributed by atoms with van der Waals surface area (Å²) < 4.78 is 24.3. The zero-order chi connectivity index (χ0) is 20.0. The van der Waals surface area contributed by atoms with Crippen molar-refractivity contribution in [2.45, 2.75) is 27.7 Å². The number of halogens is 1. The normalized spacial score (nSPS) is 11.2. The van der Waals surface area contributed by atoms with Crippen LogP contribution in [0.15, 0.2) is 39.3 Å². The summed E-state index contributed by atoms with van der Waals surface area (Å²) in [5, 5.41) is 7.32. The molecule has 7 heteroatoms. The van der Waals surface area contributed by atoms with Gasteiger partial charge in [-0.2, -0.15) is 0 Å². The molecule has 6 nitrogen and oxygen atoms in total. The van der Waals surface area contributed by atoms with Crippen molar-refractivity contribution in [3.8, 4) is 11.3 Å². The Hall–Kier alpha value is -3.48. The Bertz CT molecular complexity index is 1220. The number of rotatable bonds is 3. The van der Waals surface area contributed by atoms with E-state index in [0.717, 1.165) is 11.3 Å². The molecule has 1 amide bonds. The molecule has 0 aliphatic rings. The van der Waals surface area contributed by atoms with Crippen LogP contribution in [0.25, 0.3) is 22.4 Å². The van der Waals surface area contributed by atoms with E-state index in [0.29, 0.717) is 39.3 Å². The lowest BCUT2D eigenvalue weighted by Crippen LogP contribution is -2.14. The van der Waals surface area contributed by atoms with Crippen LogP contribution < -0.4 is 5.32 Å². The van der Waals surface area contributed by atoms with Gasteiger partial charge in [0.25, 0.3) is 11.6 Å². The Morgan fingerprint density at radius 1 is 1.11 bits per heavy atom. The van der Waals surface area contributed by atoms with E-state index in [1.54, 1.807) is 19.9 Å². The minimum Gasteiger partial charge on any atom is -0.466 e. The van der Waals surface area contributed by atoms with E-state index in [-0.39, 0.29) is 17.4 Å². The molecule has 0 aliphatic carbocycles. The van der Waals surface area contributed by atoms with Crippen molar-refractivity contribution >= 4 is 22.7 Å². The van der Waals surface area contributed by atoms with Crippen LogP contribution >= 0.6 is 0 Å². The number of amides is 1. The minimum atomic E-state index is -0.357. The summed E-state index contributed by atoms with van der Waals surface area (Å²) in [5.74, 6) is 0.731. The molecule has 1 aromatic carbocycles. The van der Waals surface area contributed by atoms with E-state index in [1.807, 2.05) is 19.9 Å². The van der Waals surface area contributed by atoms with Gasteiger partial charge in [0, 0.05) is 11.3 Å². The van der Waals surface area contributed by atoms with Crippen LogP contribution in [0.3, 0.4) is 0 Å². The predicted molar refractivity (Wildman–Crippen MR) is 103 cm³/mol. The first-order valence-corrected chi connectivity index (χ1v) is 8.75. The van der Waals surface area contributed by atoms with Gasteiger partial charge in [-0.1, -0.05) is 5.16 Å². The quantitative estimate of drug-likeness (QED) is 0.535. The number of hydrogen-bond donors (Lipinski definition) is 1. The molecule has 4 aromatic rings. The summed E-state index contributed by atoms with van der Waals surface area (Å²) in [6.45, 7) is 7.16. The number of carbonyl (C=O) groups is 1. The SMILES string of the molecule is Cc1cc(-c2cc(C(=O)Nc3ccc(F)cc3C)c3c(C)noc3n2)c(C)o1. The number of pyridine rings is 1. The zero-order valence-corrected chi connectivity index (χ0v) is 15.9. The molecule has 0 spiro atoms. The molecular weight excluding hydrogens is 361 g/mol. The molecule has 0 unspecified atom stereocenters. The lowest BCUT2D eigenvalue weighted by molar-refractivity contribution is 0.102. The first kappa shape index (κ1) is 17.9. The molecule has 0 radical (unpaired) electrons. The van der Waals surface area contributed by atoms with Crippen molar-refractivity contribution in [1.82, 2.24) is 10.1 Å². The number of nitrogens with one attached hydrogen (secondary N) is 1. The fourth-order valence-corrected chi connectivity index (χ4v) is 3.25. The Labute approximate surface area is 160 Å². The molecule has 0 saturated carbocycles. The minimum absolute atomic E-state index is 0.272. The number of hydrogen-bond acceptors (Lipinski definition) is 5. The lowest BCUT2D eigenvalue weighted by Gasteiger charge is -2.10. The molecule has 28 heavy (non-hydrogen) atoms. The van der Waals surface area contributed by atoms with Crippen LogP contribution in [0, 0.1) is 33.5 Å². The molecule has 0 saturated heterocycles. The molecule has 142 valence electrons. The Morgan fingerprint density at radius 2 is 1.89 bits per heavy atom. The molecule has 3 aromatic heterocycles. The number of fused-ring (bicyclic) bond motifs is 1. The standard InChI is InChI=1S/C21H18FN3O3/c1-10-7-14(22)5-6-17(10)23-20(26)16-9-18(15-8-11(2)27-13(15)4)24-21-19(16)12(3)25-28-21/h5-9H,1-4H3,(H,23,26). The van der Waals surface area contributed by atoms with E-state index in [2.05, 4.69) is 15.5 Å². The largest absolute Gasteiger partial charge is 0.466 e. The molecular formula is C21H18FN3O3. The van der Waals surface area contributed by atoms with Gasteiger partial charge in [0.1, 0.15) is 17.3 Å². The summed E-state index contributed by atoms with van der Waals surface area (Å²) in [7, 11) is 0. The Kier molecular flexibility index (Phi) is 4.22. The van der Waals surface area contributed by atoms with Gasteiger partial charge in [-0.15, -0.1) is 0 Å². The van der Waals surface area contributed by atoms with Gasteiger partial charge >= 0.3 is 0 Å². The molecule has 0 bridgehead atoms. The van der Waals surface area contributed by atoms with Crippen molar-refractivity contribution in [2.24, 2.45) is 0 Å². The highest BCUT2D eigenvalue weighted by atomic mass is 19.1. The van der Waals surface area contributed by atoms with Crippen LogP contribution in [0.4, 0.5) is 10.1 Å². The highest BCUT2D eigenvalue weighted by Crippen LogP contribution is 2.31. The molecule has 0 atom stereocenters. The van der Waals surface area contributed by atoms with Gasteiger partial charge < -0.3 is 14.3 Å². The van der Waals surface area contributed by atoms with Gasteiger partial charge in [-0.25, -0.2) is 9.37 Å². The van der Waals surface area contributed by atoms with Gasteiger partial charge in [-0.3, -0.25) is 4.79 Å². The van der Waals surface area contributed by atoms with E-state index < -0.39 is 0 Å². The summed E-state index contributed by atoms with van der Waals surface area (Å²) in [5.41, 5.74) is 3.70. The second kappa shape index (κ2) is 6.60. The van der Waals surface area contributed by atoms with Crippen molar-refractivity contribution in [2.75, 3.05) is 5.32 Å². The molecule has 4 rings (SSSR count). The van der Waals surface area contributed by atoms with E-state index in [9.17, 15) is 9.18 Å². The Balaban J connectivity index is 1.83. The van der Waals surface area contributed by atoms with Gasteiger partial charge in [0.05, 0.1) is 22.3 Å². The van der Waals surface area contributed by atoms with Crippen molar-refractivity contribution in [3.63, 3.8) is 0 Å². The van der Waals surface area contributed by atoms with Crippen molar-refractivity contribution in [3.05, 3.63) is 64.5 Å². The topological polar surface area (TPSA) is 81.2 Å². The summed E-state index contributed by atoms with van der Waals surface area (Å²) in [6, 6.07) is 7.76. The highest BCUT2D eigenvalue weighted by Gasteiger charge is 2.21. The van der Waals surface area contributed by atoms with Crippen LogP contribution in [0.2, 0.25) is 0 Å². The number of furan rings is 1.